The minimum absolute atomic E-state index is 0.00788. The number of imidazole rings is 1. The summed E-state index contributed by atoms with van der Waals surface area (Å²) in [6, 6.07) is 10.1. The molecule has 1 aliphatic rings. The Balaban J connectivity index is 1.42. The van der Waals surface area contributed by atoms with Gasteiger partial charge in [0.05, 0.1) is 22.5 Å². The van der Waals surface area contributed by atoms with Gasteiger partial charge in [0.15, 0.2) is 5.65 Å². The lowest BCUT2D eigenvalue weighted by Crippen LogP contribution is -2.32. The number of hydrogen-bond donors (Lipinski definition) is 2. The van der Waals surface area contributed by atoms with Crippen LogP contribution in [0.4, 0.5) is 5.69 Å². The number of ether oxygens (including phenoxy) is 2. The van der Waals surface area contributed by atoms with Crippen molar-refractivity contribution < 1.29 is 17.9 Å². The summed E-state index contributed by atoms with van der Waals surface area (Å²) >= 11 is 3.62. The molecule has 208 valence electrons. The average Bonchev–Trinajstić information content (AvgIpc) is 3.64. The molecule has 1 fully saturated rings. The predicted molar refractivity (Wildman–Crippen MR) is 156 cm³/mol. The third kappa shape index (κ3) is 5.56. The second-order valence-electron chi connectivity index (χ2n) is 9.61. The van der Waals surface area contributed by atoms with Gasteiger partial charge in [-0.1, -0.05) is 0 Å². The number of nitrogens with zero attached hydrogens (tertiary/aromatic N) is 4. The van der Waals surface area contributed by atoms with Gasteiger partial charge in [-0.15, -0.1) is 0 Å². The van der Waals surface area contributed by atoms with Crippen LogP contribution in [0, 0.1) is 13.8 Å². The van der Waals surface area contributed by atoms with Crippen LogP contribution in [0.15, 0.2) is 41.0 Å². The van der Waals surface area contributed by atoms with Crippen LogP contribution in [-0.2, 0) is 14.8 Å². The summed E-state index contributed by atoms with van der Waals surface area (Å²) in [6.07, 6.45) is 2.46. The molecule has 1 saturated heterocycles. The quantitative estimate of drug-likeness (QED) is 0.249. The fourth-order valence-corrected chi connectivity index (χ4v) is 6.59. The van der Waals surface area contributed by atoms with Crippen molar-refractivity contribution in [3.8, 4) is 22.8 Å². The molecule has 0 saturated carbocycles. The highest BCUT2D eigenvalue weighted by Crippen LogP contribution is 2.34. The molecule has 2 N–H and O–H groups in total. The molecule has 10 nitrogen and oxygen atoms in total. The van der Waals surface area contributed by atoms with Crippen LogP contribution < -0.4 is 10.1 Å². The number of benzene rings is 1. The third-order valence-electron chi connectivity index (χ3n) is 7.07. The van der Waals surface area contributed by atoms with Gasteiger partial charge < -0.3 is 24.3 Å². The van der Waals surface area contributed by atoms with Gasteiger partial charge in [-0.2, -0.15) is 4.31 Å². The lowest BCUT2D eigenvalue weighted by atomic mass is 10.2. The van der Waals surface area contributed by atoms with Crippen molar-refractivity contribution in [3.63, 3.8) is 0 Å². The number of aromatic nitrogens is 4. The van der Waals surface area contributed by atoms with Crippen LogP contribution >= 0.6 is 15.9 Å². The van der Waals surface area contributed by atoms with Gasteiger partial charge >= 0.3 is 0 Å². The number of hydrogen-bond acceptors (Lipinski definition) is 7. The van der Waals surface area contributed by atoms with Crippen molar-refractivity contribution in [1.29, 1.82) is 0 Å². The van der Waals surface area contributed by atoms with E-state index in [2.05, 4.69) is 55.7 Å². The Hall–Kier alpha value is -2.93. The zero-order chi connectivity index (χ0) is 27.7. The zero-order valence-electron chi connectivity index (χ0n) is 22.5. The fourth-order valence-electron chi connectivity index (χ4n) is 5.02. The molecule has 0 radical (unpaired) electrons. The van der Waals surface area contributed by atoms with E-state index >= 15 is 0 Å². The molecule has 1 aliphatic heterocycles. The topological polar surface area (TPSA) is 114 Å². The molecule has 0 bridgehead atoms. The minimum atomic E-state index is -3.21. The summed E-state index contributed by atoms with van der Waals surface area (Å²) in [5.41, 5.74) is 6.33. The number of fused-ring (bicyclic) bond motifs is 1. The molecule has 1 unspecified atom stereocenters. The van der Waals surface area contributed by atoms with Crippen LogP contribution in [0.3, 0.4) is 0 Å². The Labute approximate surface area is 236 Å². The van der Waals surface area contributed by atoms with Crippen molar-refractivity contribution in [2.24, 2.45) is 0 Å². The molecule has 12 heteroatoms. The maximum Gasteiger partial charge on any atom is 0.213 e. The van der Waals surface area contributed by atoms with Crippen LogP contribution in [-0.4, -0.2) is 77.4 Å². The molecule has 3 aromatic heterocycles. The van der Waals surface area contributed by atoms with E-state index in [-0.39, 0.29) is 11.8 Å². The van der Waals surface area contributed by atoms with E-state index in [0.29, 0.717) is 32.0 Å². The monoisotopic (exact) mass is 616 g/mol. The van der Waals surface area contributed by atoms with Gasteiger partial charge in [-0.3, -0.25) is 0 Å². The molecule has 0 aliphatic carbocycles. The molecule has 1 atom stereocenters. The van der Waals surface area contributed by atoms with Gasteiger partial charge in [0, 0.05) is 55.1 Å². The van der Waals surface area contributed by atoms with Crippen molar-refractivity contribution in [3.05, 3.63) is 52.4 Å². The van der Waals surface area contributed by atoms with Crippen LogP contribution in [0.2, 0.25) is 0 Å². The first-order valence-electron chi connectivity index (χ1n) is 12.9. The van der Waals surface area contributed by atoms with Crippen molar-refractivity contribution in [2.45, 2.75) is 33.2 Å². The van der Waals surface area contributed by atoms with E-state index in [9.17, 15) is 8.42 Å². The van der Waals surface area contributed by atoms with Gasteiger partial charge in [0.1, 0.15) is 23.7 Å². The SMILES string of the molecule is CCS(=O)(=O)N1CCC(Nc2c(Br)cnc3nc(-c4cc(C)n(-c5ccc(OCCOC)cc5)c4C)[nH]c23)C1. The van der Waals surface area contributed by atoms with Crippen molar-refractivity contribution in [1.82, 2.24) is 23.8 Å². The van der Waals surface area contributed by atoms with E-state index in [1.165, 1.54) is 0 Å². The first-order chi connectivity index (χ1) is 18.7. The second-order valence-corrected chi connectivity index (χ2v) is 12.7. The number of sulfonamides is 1. The number of nitrogens with one attached hydrogen (secondary N) is 2. The fraction of sp³-hybridized carbons (Fsp3) is 0.407. The van der Waals surface area contributed by atoms with E-state index < -0.39 is 10.0 Å². The molecular formula is C27H33BrN6O4S. The van der Waals surface area contributed by atoms with Gasteiger partial charge in [0.2, 0.25) is 10.0 Å². The Morgan fingerprint density at radius 1 is 1.21 bits per heavy atom. The Bertz CT molecular complexity index is 1580. The predicted octanol–water partition coefficient (Wildman–Crippen LogP) is 4.66. The van der Waals surface area contributed by atoms with E-state index in [1.807, 2.05) is 24.3 Å². The summed E-state index contributed by atoms with van der Waals surface area (Å²) in [7, 11) is -1.56. The van der Waals surface area contributed by atoms with Gasteiger partial charge in [-0.05, 0) is 73.5 Å². The highest BCUT2D eigenvalue weighted by molar-refractivity contribution is 9.10. The first-order valence-corrected chi connectivity index (χ1v) is 15.3. The van der Waals surface area contributed by atoms with Crippen molar-refractivity contribution >= 4 is 42.8 Å². The normalized spacial score (nSPS) is 16.3. The highest BCUT2D eigenvalue weighted by atomic mass is 79.9. The maximum atomic E-state index is 12.3. The minimum Gasteiger partial charge on any atom is -0.491 e. The number of aromatic amines is 1. The van der Waals surface area contributed by atoms with Gasteiger partial charge in [-0.25, -0.2) is 18.4 Å². The van der Waals surface area contributed by atoms with Crippen LogP contribution in [0.1, 0.15) is 24.7 Å². The van der Waals surface area contributed by atoms with Gasteiger partial charge in [0.25, 0.3) is 0 Å². The Kier molecular flexibility index (Phi) is 7.99. The molecule has 0 spiro atoms. The van der Waals surface area contributed by atoms with Crippen LogP contribution in [0.25, 0.3) is 28.2 Å². The Morgan fingerprint density at radius 2 is 1.97 bits per heavy atom. The Morgan fingerprint density at radius 3 is 2.69 bits per heavy atom. The molecule has 1 aromatic carbocycles. The third-order valence-corrected chi connectivity index (χ3v) is 9.52. The number of pyridine rings is 1. The smallest absolute Gasteiger partial charge is 0.213 e. The summed E-state index contributed by atoms with van der Waals surface area (Å²) in [5.74, 6) is 1.63. The molecule has 4 heterocycles. The van der Waals surface area contributed by atoms with Crippen molar-refractivity contribution in [2.75, 3.05) is 44.5 Å². The lowest BCUT2D eigenvalue weighted by Gasteiger charge is -2.17. The van der Waals surface area contributed by atoms with Crippen LogP contribution in [0.5, 0.6) is 5.75 Å². The number of methoxy groups -OCH3 is 1. The average molecular weight is 618 g/mol. The number of anilines is 1. The highest BCUT2D eigenvalue weighted by Gasteiger charge is 2.31. The zero-order valence-corrected chi connectivity index (χ0v) is 24.9. The molecule has 5 rings (SSSR count). The molecule has 39 heavy (non-hydrogen) atoms. The molecule has 4 aromatic rings. The number of rotatable bonds is 10. The summed E-state index contributed by atoms with van der Waals surface area (Å²) in [6.45, 7) is 7.82. The molecule has 0 amide bonds. The number of H-pyrrole nitrogens is 1. The summed E-state index contributed by atoms with van der Waals surface area (Å²) in [4.78, 5) is 12.8. The van der Waals surface area contributed by atoms with E-state index in [0.717, 1.165) is 56.3 Å². The molecular weight excluding hydrogens is 584 g/mol. The van der Waals surface area contributed by atoms with E-state index in [1.54, 1.807) is 24.5 Å². The lowest BCUT2D eigenvalue weighted by molar-refractivity contribution is 0.146. The second kappa shape index (κ2) is 11.3. The number of halogens is 1. The van der Waals surface area contributed by atoms with E-state index in [4.69, 9.17) is 14.5 Å². The first kappa shape index (κ1) is 27.6. The summed E-state index contributed by atoms with van der Waals surface area (Å²) in [5, 5.41) is 3.53. The summed E-state index contributed by atoms with van der Waals surface area (Å²) < 4.78 is 39.9. The maximum absolute atomic E-state index is 12.3. The standard InChI is InChI=1S/C27H33BrN6O4S/c1-5-39(35,36)33-11-10-19(16-33)30-24-23(28)15-29-27-25(24)31-26(32-27)22-14-17(2)34(18(22)3)20-6-8-21(9-7-20)38-13-12-37-4/h6-9,14-15,19H,5,10-13,16H2,1-4H3,(H2,29,30,31,32). The number of aryl methyl sites for hydroxylation is 1. The largest absolute Gasteiger partial charge is 0.491 e.